The summed E-state index contributed by atoms with van der Waals surface area (Å²) in [6.45, 7) is 5.09. The van der Waals surface area contributed by atoms with Crippen LogP contribution in [0.5, 0.6) is 0 Å². The third kappa shape index (κ3) is 2.61. The average molecular weight is 312 g/mol. The molecule has 0 bridgehead atoms. The van der Waals surface area contributed by atoms with E-state index >= 15 is 0 Å². The number of nitrogens with zero attached hydrogens (tertiary/aromatic N) is 2. The lowest BCUT2D eigenvalue weighted by Crippen LogP contribution is -2.04. The highest BCUT2D eigenvalue weighted by Crippen LogP contribution is 2.29. The maximum Gasteiger partial charge on any atom is 0.140 e. The molecule has 118 valence electrons. The fraction of sp³-hybridized carbons (Fsp3) is 0.136. The van der Waals surface area contributed by atoms with Gasteiger partial charge < -0.3 is 4.57 Å². The molecule has 24 heavy (non-hydrogen) atoms. The van der Waals surface area contributed by atoms with Gasteiger partial charge in [-0.3, -0.25) is 0 Å². The van der Waals surface area contributed by atoms with Crippen LogP contribution in [0.2, 0.25) is 0 Å². The van der Waals surface area contributed by atoms with E-state index in [9.17, 15) is 0 Å². The van der Waals surface area contributed by atoms with Gasteiger partial charge in [0.1, 0.15) is 5.65 Å². The number of fused-ring (bicyclic) bond motifs is 1. The molecule has 0 saturated carbocycles. The lowest BCUT2D eigenvalue weighted by molar-refractivity contribution is 0.827. The minimum Gasteiger partial charge on any atom is -0.321 e. The molecule has 4 rings (SSSR count). The van der Waals surface area contributed by atoms with E-state index in [0.717, 1.165) is 12.2 Å². The van der Waals surface area contributed by atoms with Crippen LogP contribution < -0.4 is 0 Å². The Kier molecular flexibility index (Phi) is 3.66. The van der Waals surface area contributed by atoms with Gasteiger partial charge in [0.05, 0.1) is 5.69 Å². The summed E-state index contributed by atoms with van der Waals surface area (Å²) >= 11 is 0. The van der Waals surface area contributed by atoms with Gasteiger partial charge in [-0.15, -0.1) is 0 Å². The summed E-state index contributed by atoms with van der Waals surface area (Å²) in [4.78, 5) is 4.72. The van der Waals surface area contributed by atoms with E-state index in [4.69, 9.17) is 4.98 Å². The Bertz CT molecular complexity index is 997. The molecule has 2 aromatic carbocycles. The SMILES string of the molecule is Cc1cnc2c(c1)cc(-c1ccccc1)n2Cc1ccccc1C. The molecule has 2 heterocycles. The molecule has 4 aromatic rings. The number of aryl methyl sites for hydroxylation is 2. The molecule has 0 aliphatic carbocycles. The number of hydrogen-bond donors (Lipinski definition) is 0. The van der Waals surface area contributed by atoms with Crippen molar-refractivity contribution >= 4 is 11.0 Å². The number of hydrogen-bond acceptors (Lipinski definition) is 1. The number of aromatic nitrogens is 2. The van der Waals surface area contributed by atoms with Gasteiger partial charge in [-0.25, -0.2) is 4.98 Å². The van der Waals surface area contributed by atoms with Gasteiger partial charge in [0, 0.05) is 18.1 Å². The summed E-state index contributed by atoms with van der Waals surface area (Å²) in [7, 11) is 0. The van der Waals surface area contributed by atoms with E-state index < -0.39 is 0 Å². The van der Waals surface area contributed by atoms with Crippen molar-refractivity contribution in [1.29, 1.82) is 0 Å². The van der Waals surface area contributed by atoms with Gasteiger partial charge in [-0.1, -0.05) is 54.6 Å². The third-order valence-corrected chi connectivity index (χ3v) is 4.53. The second-order valence-electron chi connectivity index (χ2n) is 6.33. The summed E-state index contributed by atoms with van der Waals surface area (Å²) in [6.07, 6.45) is 1.95. The predicted molar refractivity (Wildman–Crippen MR) is 100 cm³/mol. The van der Waals surface area contributed by atoms with Gasteiger partial charge in [0.25, 0.3) is 0 Å². The lowest BCUT2D eigenvalue weighted by atomic mass is 10.1. The van der Waals surface area contributed by atoms with Gasteiger partial charge in [-0.05, 0) is 48.2 Å². The number of benzene rings is 2. The zero-order valence-corrected chi connectivity index (χ0v) is 14.0. The normalized spacial score (nSPS) is 11.1. The van der Waals surface area contributed by atoms with E-state index in [0.29, 0.717) is 0 Å². The summed E-state index contributed by atoms with van der Waals surface area (Å²) in [5, 5.41) is 1.20. The van der Waals surface area contributed by atoms with Crippen molar-refractivity contribution in [2.45, 2.75) is 20.4 Å². The Morgan fingerprint density at radius 1 is 0.875 bits per heavy atom. The zero-order chi connectivity index (χ0) is 16.5. The van der Waals surface area contributed by atoms with Crippen molar-refractivity contribution in [3.8, 4) is 11.3 Å². The number of pyridine rings is 1. The second kappa shape index (κ2) is 5.97. The summed E-state index contributed by atoms with van der Waals surface area (Å²) in [5.41, 5.74) is 7.31. The van der Waals surface area contributed by atoms with Crippen molar-refractivity contribution in [2.75, 3.05) is 0 Å². The first-order valence-corrected chi connectivity index (χ1v) is 8.28. The smallest absolute Gasteiger partial charge is 0.140 e. The van der Waals surface area contributed by atoms with E-state index in [1.165, 1.54) is 33.3 Å². The molecule has 2 nitrogen and oxygen atoms in total. The molecule has 0 unspecified atom stereocenters. The molecule has 0 saturated heterocycles. The highest BCUT2D eigenvalue weighted by molar-refractivity contribution is 5.84. The standard InChI is InChI=1S/C22H20N2/c1-16-12-20-13-21(18-9-4-3-5-10-18)24(22(20)23-14-16)15-19-11-7-6-8-17(19)2/h3-14H,15H2,1-2H3. The summed E-state index contributed by atoms with van der Waals surface area (Å²) < 4.78 is 2.33. The van der Waals surface area contributed by atoms with Crippen molar-refractivity contribution in [3.05, 3.63) is 89.6 Å². The van der Waals surface area contributed by atoms with Crippen LogP contribution in [0.1, 0.15) is 16.7 Å². The summed E-state index contributed by atoms with van der Waals surface area (Å²) in [6, 6.07) is 23.6. The minimum atomic E-state index is 0.830. The molecule has 0 radical (unpaired) electrons. The highest BCUT2D eigenvalue weighted by Gasteiger charge is 2.13. The van der Waals surface area contributed by atoms with Crippen LogP contribution in [0.4, 0.5) is 0 Å². The molecule has 0 fully saturated rings. The largest absolute Gasteiger partial charge is 0.321 e. The molecule has 0 atom stereocenters. The molecule has 0 aliphatic rings. The fourth-order valence-corrected chi connectivity index (χ4v) is 3.22. The zero-order valence-electron chi connectivity index (χ0n) is 14.0. The first-order valence-electron chi connectivity index (χ1n) is 8.28. The molecular weight excluding hydrogens is 292 g/mol. The van der Waals surface area contributed by atoms with Gasteiger partial charge in [0.15, 0.2) is 0 Å². The third-order valence-electron chi connectivity index (χ3n) is 4.53. The topological polar surface area (TPSA) is 17.8 Å². The maximum atomic E-state index is 4.72. The molecule has 2 aromatic heterocycles. The number of rotatable bonds is 3. The maximum absolute atomic E-state index is 4.72. The van der Waals surface area contributed by atoms with Gasteiger partial charge in [-0.2, -0.15) is 0 Å². The predicted octanol–water partition coefficient (Wildman–Crippen LogP) is 5.37. The quantitative estimate of drug-likeness (QED) is 0.497. The lowest BCUT2D eigenvalue weighted by Gasteiger charge is -2.12. The highest BCUT2D eigenvalue weighted by atomic mass is 15.0. The fourth-order valence-electron chi connectivity index (χ4n) is 3.22. The Labute approximate surface area is 142 Å². The van der Waals surface area contributed by atoms with Crippen molar-refractivity contribution < 1.29 is 0 Å². The van der Waals surface area contributed by atoms with E-state index in [1.54, 1.807) is 0 Å². The van der Waals surface area contributed by atoms with Crippen LogP contribution in [0, 0.1) is 13.8 Å². The Hall–Kier alpha value is -2.87. The molecule has 0 amide bonds. The van der Waals surface area contributed by atoms with Crippen molar-refractivity contribution in [1.82, 2.24) is 9.55 Å². The Morgan fingerprint density at radius 2 is 1.62 bits per heavy atom. The average Bonchev–Trinajstić information content (AvgIpc) is 2.95. The van der Waals surface area contributed by atoms with Gasteiger partial charge >= 0.3 is 0 Å². The van der Waals surface area contributed by atoms with E-state index in [2.05, 4.69) is 85.1 Å². The Balaban J connectivity index is 1.93. The first kappa shape index (κ1) is 14.7. The van der Waals surface area contributed by atoms with Crippen LogP contribution in [0.15, 0.2) is 72.9 Å². The van der Waals surface area contributed by atoms with Crippen molar-refractivity contribution in [2.24, 2.45) is 0 Å². The summed E-state index contributed by atoms with van der Waals surface area (Å²) in [5.74, 6) is 0. The van der Waals surface area contributed by atoms with Crippen LogP contribution >= 0.6 is 0 Å². The van der Waals surface area contributed by atoms with E-state index in [1.807, 2.05) is 6.20 Å². The molecular formula is C22H20N2. The van der Waals surface area contributed by atoms with Crippen molar-refractivity contribution in [3.63, 3.8) is 0 Å². The van der Waals surface area contributed by atoms with Crippen LogP contribution in [0.25, 0.3) is 22.3 Å². The van der Waals surface area contributed by atoms with Gasteiger partial charge in [0.2, 0.25) is 0 Å². The second-order valence-corrected chi connectivity index (χ2v) is 6.33. The molecule has 2 heteroatoms. The molecule has 0 aliphatic heterocycles. The van der Waals surface area contributed by atoms with Crippen LogP contribution in [-0.2, 0) is 6.54 Å². The monoisotopic (exact) mass is 312 g/mol. The Morgan fingerprint density at radius 3 is 2.42 bits per heavy atom. The van der Waals surface area contributed by atoms with Crippen LogP contribution in [0.3, 0.4) is 0 Å². The minimum absolute atomic E-state index is 0.830. The van der Waals surface area contributed by atoms with E-state index in [-0.39, 0.29) is 0 Å². The molecule has 0 spiro atoms. The molecule has 0 N–H and O–H groups in total. The first-order chi connectivity index (χ1) is 11.7. The van der Waals surface area contributed by atoms with Crippen LogP contribution in [-0.4, -0.2) is 9.55 Å².